The van der Waals surface area contributed by atoms with Crippen molar-refractivity contribution in [2.45, 2.75) is 19.4 Å². The summed E-state index contributed by atoms with van der Waals surface area (Å²) in [7, 11) is 0. The number of hydrogen-bond acceptors (Lipinski definition) is 2. The molecule has 1 heterocycles. The molecular formula is C16H15BrN2O. The fourth-order valence-corrected chi connectivity index (χ4v) is 2.80. The van der Waals surface area contributed by atoms with E-state index in [0.29, 0.717) is 0 Å². The van der Waals surface area contributed by atoms with Gasteiger partial charge in [0.05, 0.1) is 0 Å². The zero-order chi connectivity index (χ0) is 14.1. The molecule has 2 aromatic rings. The van der Waals surface area contributed by atoms with Gasteiger partial charge in [0.2, 0.25) is 0 Å². The van der Waals surface area contributed by atoms with Gasteiger partial charge in [-0.3, -0.25) is 4.79 Å². The third-order valence-electron chi connectivity index (χ3n) is 3.49. The number of anilines is 2. The smallest absolute Gasteiger partial charge is 0.251 e. The first-order chi connectivity index (χ1) is 9.67. The van der Waals surface area contributed by atoms with Crippen molar-refractivity contribution < 1.29 is 4.79 Å². The van der Waals surface area contributed by atoms with Crippen LogP contribution in [0.1, 0.15) is 24.1 Å². The highest BCUT2D eigenvalue weighted by atomic mass is 79.9. The first-order valence-corrected chi connectivity index (χ1v) is 7.42. The van der Waals surface area contributed by atoms with Gasteiger partial charge in [0.25, 0.3) is 5.91 Å². The highest BCUT2D eigenvalue weighted by molar-refractivity contribution is 9.10. The Bertz CT molecular complexity index is 669. The van der Waals surface area contributed by atoms with Crippen molar-refractivity contribution in [3.63, 3.8) is 0 Å². The summed E-state index contributed by atoms with van der Waals surface area (Å²) in [6.07, 6.45) is 0.981. The molecule has 1 aliphatic heterocycles. The van der Waals surface area contributed by atoms with Crippen molar-refractivity contribution in [1.82, 2.24) is 0 Å². The number of nitrogens with one attached hydrogen (secondary N) is 2. The maximum absolute atomic E-state index is 12.1. The monoisotopic (exact) mass is 330 g/mol. The minimum absolute atomic E-state index is 0.0139. The molecule has 4 heteroatoms. The lowest BCUT2D eigenvalue weighted by molar-refractivity contribution is -0.116. The highest BCUT2D eigenvalue weighted by Crippen LogP contribution is 2.35. The number of halogens is 1. The van der Waals surface area contributed by atoms with Crippen LogP contribution < -0.4 is 10.6 Å². The first-order valence-electron chi connectivity index (χ1n) is 6.63. The Morgan fingerprint density at radius 1 is 1.25 bits per heavy atom. The van der Waals surface area contributed by atoms with E-state index in [0.717, 1.165) is 27.8 Å². The molecule has 0 radical (unpaired) electrons. The number of carbonyl (C=O) groups is 1. The second kappa shape index (κ2) is 5.29. The predicted molar refractivity (Wildman–Crippen MR) is 85.0 cm³/mol. The van der Waals surface area contributed by atoms with Crippen LogP contribution in [0.5, 0.6) is 0 Å². The number of carbonyl (C=O) groups excluding carboxylic acids is 1. The Morgan fingerprint density at radius 3 is 2.90 bits per heavy atom. The van der Waals surface area contributed by atoms with E-state index in [1.807, 2.05) is 30.3 Å². The summed E-state index contributed by atoms with van der Waals surface area (Å²) in [4.78, 5) is 12.1. The van der Waals surface area contributed by atoms with Gasteiger partial charge in [0.15, 0.2) is 0 Å². The molecule has 0 spiro atoms. The van der Waals surface area contributed by atoms with E-state index >= 15 is 0 Å². The van der Waals surface area contributed by atoms with Gasteiger partial charge < -0.3 is 10.6 Å². The summed E-state index contributed by atoms with van der Waals surface area (Å²) in [6, 6.07) is 13.7. The molecule has 2 aromatic carbocycles. The average molecular weight is 331 g/mol. The van der Waals surface area contributed by atoms with Crippen molar-refractivity contribution >= 4 is 33.2 Å². The minimum atomic E-state index is -0.338. The van der Waals surface area contributed by atoms with E-state index in [2.05, 4.69) is 45.6 Å². The van der Waals surface area contributed by atoms with E-state index in [-0.39, 0.29) is 11.9 Å². The molecule has 2 N–H and O–H groups in total. The van der Waals surface area contributed by atoms with Crippen molar-refractivity contribution in [3.8, 4) is 0 Å². The molecule has 1 amide bonds. The molecule has 1 aliphatic rings. The van der Waals surface area contributed by atoms with Crippen LogP contribution in [0, 0.1) is 0 Å². The molecule has 1 unspecified atom stereocenters. The molecule has 0 saturated carbocycles. The Balaban J connectivity index is 1.91. The van der Waals surface area contributed by atoms with Gasteiger partial charge in [0, 0.05) is 21.4 Å². The standard InChI is InChI=1S/C16H15BrN2O/c1-2-10-4-3-5-12(8-10)18-15-13-9-11(17)6-7-14(13)19-16(15)20/h3-9,15,18H,2H2,1H3,(H,19,20). The zero-order valence-electron chi connectivity index (χ0n) is 11.1. The van der Waals surface area contributed by atoms with Crippen molar-refractivity contribution in [2.75, 3.05) is 10.6 Å². The molecule has 3 nitrogen and oxygen atoms in total. The number of benzene rings is 2. The number of hydrogen-bond donors (Lipinski definition) is 2. The second-order valence-electron chi connectivity index (χ2n) is 4.85. The van der Waals surface area contributed by atoms with Crippen molar-refractivity contribution in [1.29, 1.82) is 0 Å². The van der Waals surface area contributed by atoms with Crippen LogP contribution in [-0.2, 0) is 11.2 Å². The maximum Gasteiger partial charge on any atom is 0.251 e. The van der Waals surface area contributed by atoms with E-state index in [9.17, 15) is 4.79 Å². The number of amides is 1. The van der Waals surface area contributed by atoms with Crippen molar-refractivity contribution in [3.05, 3.63) is 58.1 Å². The van der Waals surface area contributed by atoms with Crippen LogP contribution in [0.25, 0.3) is 0 Å². The van der Waals surface area contributed by atoms with Gasteiger partial charge in [0.1, 0.15) is 6.04 Å². The molecular weight excluding hydrogens is 316 g/mol. The summed E-state index contributed by atoms with van der Waals surface area (Å²) in [5.41, 5.74) is 4.08. The molecule has 0 fully saturated rings. The van der Waals surface area contributed by atoms with Crippen LogP contribution in [0.3, 0.4) is 0 Å². The summed E-state index contributed by atoms with van der Waals surface area (Å²) in [6.45, 7) is 2.12. The summed E-state index contributed by atoms with van der Waals surface area (Å²) < 4.78 is 0.974. The van der Waals surface area contributed by atoms with Crippen LogP contribution in [0.4, 0.5) is 11.4 Å². The lowest BCUT2D eigenvalue weighted by Crippen LogP contribution is -2.19. The number of rotatable bonds is 3. The zero-order valence-corrected chi connectivity index (χ0v) is 12.7. The summed E-state index contributed by atoms with van der Waals surface area (Å²) in [5, 5.41) is 6.22. The van der Waals surface area contributed by atoms with Gasteiger partial charge >= 0.3 is 0 Å². The van der Waals surface area contributed by atoms with Gasteiger partial charge in [-0.15, -0.1) is 0 Å². The van der Waals surface area contributed by atoms with E-state index in [1.54, 1.807) is 0 Å². The van der Waals surface area contributed by atoms with Crippen LogP contribution >= 0.6 is 15.9 Å². The summed E-state index contributed by atoms with van der Waals surface area (Å²) >= 11 is 3.45. The number of aryl methyl sites for hydroxylation is 1. The highest BCUT2D eigenvalue weighted by Gasteiger charge is 2.30. The average Bonchev–Trinajstić information content (AvgIpc) is 2.75. The molecule has 0 aliphatic carbocycles. The number of fused-ring (bicyclic) bond motifs is 1. The molecule has 20 heavy (non-hydrogen) atoms. The third kappa shape index (κ3) is 2.43. The molecule has 3 rings (SSSR count). The fourth-order valence-electron chi connectivity index (χ4n) is 2.42. The van der Waals surface area contributed by atoms with E-state index < -0.39 is 0 Å². The van der Waals surface area contributed by atoms with E-state index in [4.69, 9.17) is 0 Å². The quantitative estimate of drug-likeness (QED) is 0.888. The Labute approximate surface area is 126 Å². The van der Waals surface area contributed by atoms with Gasteiger partial charge in [-0.1, -0.05) is 35.0 Å². The lowest BCUT2D eigenvalue weighted by atomic mass is 10.1. The first kappa shape index (κ1) is 13.2. The summed E-state index contributed by atoms with van der Waals surface area (Å²) in [5.74, 6) is -0.0139. The Kier molecular flexibility index (Phi) is 3.49. The lowest BCUT2D eigenvalue weighted by Gasteiger charge is -2.14. The Morgan fingerprint density at radius 2 is 2.10 bits per heavy atom. The second-order valence-corrected chi connectivity index (χ2v) is 5.77. The fraction of sp³-hybridized carbons (Fsp3) is 0.188. The third-order valence-corrected chi connectivity index (χ3v) is 3.98. The molecule has 1 atom stereocenters. The van der Waals surface area contributed by atoms with Gasteiger partial charge in [-0.05, 0) is 42.3 Å². The van der Waals surface area contributed by atoms with Gasteiger partial charge in [-0.2, -0.15) is 0 Å². The predicted octanol–water partition coefficient (Wildman–Crippen LogP) is 4.12. The molecule has 102 valence electrons. The molecule has 0 aromatic heterocycles. The van der Waals surface area contributed by atoms with Crippen LogP contribution in [0.2, 0.25) is 0 Å². The SMILES string of the molecule is CCc1cccc(NC2C(=O)Nc3ccc(Br)cc32)c1. The van der Waals surface area contributed by atoms with Gasteiger partial charge in [-0.25, -0.2) is 0 Å². The van der Waals surface area contributed by atoms with E-state index in [1.165, 1.54) is 5.56 Å². The van der Waals surface area contributed by atoms with Crippen molar-refractivity contribution in [2.24, 2.45) is 0 Å². The topological polar surface area (TPSA) is 41.1 Å². The van der Waals surface area contributed by atoms with Crippen LogP contribution in [-0.4, -0.2) is 5.91 Å². The maximum atomic E-state index is 12.1. The largest absolute Gasteiger partial charge is 0.370 e. The molecule has 0 bridgehead atoms. The Hall–Kier alpha value is -1.81. The normalized spacial score (nSPS) is 16.7. The van der Waals surface area contributed by atoms with Crippen LogP contribution in [0.15, 0.2) is 46.9 Å². The minimum Gasteiger partial charge on any atom is -0.370 e. The molecule has 0 saturated heterocycles.